The number of hydrogen-bond acceptors (Lipinski definition) is 10. The summed E-state index contributed by atoms with van der Waals surface area (Å²) in [6, 6.07) is 12.2. The van der Waals surface area contributed by atoms with Crippen LogP contribution in [0.1, 0.15) is 56.1 Å². The van der Waals surface area contributed by atoms with Crippen LogP contribution in [0.2, 0.25) is 0 Å². The van der Waals surface area contributed by atoms with Crippen molar-refractivity contribution >= 4 is 45.9 Å². The highest BCUT2D eigenvalue weighted by Crippen LogP contribution is 2.33. The van der Waals surface area contributed by atoms with Crippen LogP contribution in [0.4, 0.5) is 26.1 Å². The first-order valence-electron chi connectivity index (χ1n) is 15.2. The van der Waals surface area contributed by atoms with Crippen LogP contribution in [0.3, 0.4) is 0 Å². The van der Waals surface area contributed by atoms with Gasteiger partial charge in [0.1, 0.15) is 27.9 Å². The number of amides is 3. The van der Waals surface area contributed by atoms with Gasteiger partial charge in [-0.3, -0.25) is 19.6 Å². The molecule has 1 atom stereocenters. The van der Waals surface area contributed by atoms with Gasteiger partial charge in [0.25, 0.3) is 5.91 Å². The Kier molecular flexibility index (Phi) is 10.2. The number of thiazole rings is 1. The molecule has 14 nitrogen and oxygen atoms in total. The van der Waals surface area contributed by atoms with E-state index in [0.717, 1.165) is 29.7 Å². The summed E-state index contributed by atoms with van der Waals surface area (Å²) in [7, 11) is 1.79. The molecule has 15 heteroatoms. The maximum absolute atomic E-state index is 13.7. The average Bonchev–Trinajstić information content (AvgIpc) is 3.52. The van der Waals surface area contributed by atoms with E-state index in [0.29, 0.717) is 41.7 Å². The number of aromatic nitrogens is 4. The van der Waals surface area contributed by atoms with Gasteiger partial charge in [-0.2, -0.15) is 5.10 Å². The Morgan fingerprint density at radius 2 is 1.85 bits per heavy atom. The highest BCUT2D eigenvalue weighted by molar-refractivity contribution is 7.19. The van der Waals surface area contributed by atoms with Gasteiger partial charge in [0.2, 0.25) is 0 Å². The molecule has 4 aromatic rings. The number of H-pyrrole nitrogens is 1. The van der Waals surface area contributed by atoms with E-state index in [4.69, 9.17) is 9.47 Å². The van der Waals surface area contributed by atoms with Gasteiger partial charge in [-0.15, -0.1) is 0 Å². The fourth-order valence-electron chi connectivity index (χ4n) is 5.10. The Morgan fingerprint density at radius 3 is 2.60 bits per heavy atom. The maximum atomic E-state index is 13.7. The van der Waals surface area contributed by atoms with Crippen LogP contribution in [0.5, 0.6) is 0 Å². The molecule has 1 fully saturated rings. The number of anilines is 3. The topological polar surface area (TPSA) is 173 Å². The molecule has 0 radical (unpaired) electrons. The second kappa shape index (κ2) is 14.5. The van der Waals surface area contributed by atoms with Crippen molar-refractivity contribution in [1.29, 1.82) is 0 Å². The third-order valence-corrected chi connectivity index (χ3v) is 8.18. The molecule has 0 aliphatic carbocycles. The summed E-state index contributed by atoms with van der Waals surface area (Å²) in [6.07, 6.45) is 4.04. The van der Waals surface area contributed by atoms with Crippen LogP contribution in [0.25, 0.3) is 10.7 Å². The van der Waals surface area contributed by atoms with Gasteiger partial charge in [0.15, 0.2) is 16.9 Å². The molecular formula is C32H38N8O6S. The molecule has 0 saturated carbocycles. The van der Waals surface area contributed by atoms with Gasteiger partial charge in [-0.05, 0) is 45.6 Å². The largest absolute Gasteiger partial charge is 0.445 e. The summed E-state index contributed by atoms with van der Waals surface area (Å²) >= 11 is 1.03. The molecule has 1 aliphatic rings. The first-order valence-corrected chi connectivity index (χ1v) is 16.0. The van der Waals surface area contributed by atoms with E-state index in [1.54, 1.807) is 38.7 Å². The second-order valence-electron chi connectivity index (χ2n) is 12.0. The molecule has 1 saturated heterocycles. The lowest BCUT2D eigenvalue weighted by molar-refractivity contribution is 0.0636. The molecule has 1 aliphatic heterocycles. The molecule has 0 unspecified atom stereocenters. The zero-order valence-corrected chi connectivity index (χ0v) is 27.5. The zero-order chi connectivity index (χ0) is 33.6. The molecular weight excluding hydrogens is 624 g/mol. The molecule has 5 rings (SSSR count). The van der Waals surface area contributed by atoms with Crippen LogP contribution in [-0.2, 0) is 23.1 Å². The number of ether oxygens (including phenoxy) is 2. The predicted molar refractivity (Wildman–Crippen MR) is 179 cm³/mol. The third-order valence-electron chi connectivity index (χ3n) is 7.18. The van der Waals surface area contributed by atoms with Crippen molar-refractivity contribution in [3.63, 3.8) is 0 Å². The number of carbonyl (C=O) groups excluding carboxylic acids is 3. The minimum atomic E-state index is -0.764. The van der Waals surface area contributed by atoms with Gasteiger partial charge < -0.3 is 30.0 Å². The quantitative estimate of drug-likeness (QED) is 0.200. The van der Waals surface area contributed by atoms with Gasteiger partial charge in [-0.25, -0.2) is 14.6 Å². The van der Waals surface area contributed by atoms with Crippen molar-refractivity contribution in [3.05, 3.63) is 76.3 Å². The lowest BCUT2D eigenvalue weighted by Gasteiger charge is -2.24. The van der Waals surface area contributed by atoms with Gasteiger partial charge >= 0.3 is 12.2 Å². The molecule has 3 amide bonds. The summed E-state index contributed by atoms with van der Waals surface area (Å²) in [5.41, 5.74) is 0.714. The SMILES string of the molecule is Cn1ncc(NC(=O)c2nc(-c3cc(=O)cc[nH]3)sc2NC(=O)OC(C)(C)C)c1N1CCC[C@H](NC(=O)OCc2ccccc2)CC1. The lowest BCUT2D eigenvalue weighted by atomic mass is 10.1. The molecule has 4 heterocycles. The summed E-state index contributed by atoms with van der Waals surface area (Å²) in [4.78, 5) is 60.4. The van der Waals surface area contributed by atoms with Crippen molar-refractivity contribution in [2.24, 2.45) is 7.05 Å². The van der Waals surface area contributed by atoms with Crippen LogP contribution in [-0.4, -0.2) is 62.6 Å². The molecule has 3 aromatic heterocycles. The van der Waals surface area contributed by atoms with Gasteiger partial charge in [-0.1, -0.05) is 41.7 Å². The Labute approximate surface area is 275 Å². The van der Waals surface area contributed by atoms with E-state index < -0.39 is 23.7 Å². The number of rotatable bonds is 8. The number of benzene rings is 1. The van der Waals surface area contributed by atoms with Crippen molar-refractivity contribution in [2.75, 3.05) is 28.6 Å². The number of pyridine rings is 1. The van der Waals surface area contributed by atoms with E-state index in [1.165, 1.54) is 18.3 Å². The first-order chi connectivity index (χ1) is 22.4. The van der Waals surface area contributed by atoms with Gasteiger partial charge in [0.05, 0.1) is 11.9 Å². The summed E-state index contributed by atoms with van der Waals surface area (Å²) in [5.74, 6) is 0.108. The normalized spacial score (nSPS) is 15.0. The molecule has 4 N–H and O–H groups in total. The zero-order valence-electron chi connectivity index (χ0n) is 26.7. The Balaban J connectivity index is 1.28. The van der Waals surface area contributed by atoms with Gasteiger partial charge in [0, 0.05) is 44.5 Å². The second-order valence-corrected chi connectivity index (χ2v) is 13.0. The Hall–Kier alpha value is -5.18. The average molecular weight is 663 g/mol. The molecule has 0 spiro atoms. The van der Waals surface area contributed by atoms with E-state index in [2.05, 4.69) is 35.9 Å². The number of hydrogen-bond donors (Lipinski definition) is 4. The number of alkyl carbamates (subject to hydrolysis) is 1. The first kappa shape index (κ1) is 33.2. The highest BCUT2D eigenvalue weighted by atomic mass is 32.1. The van der Waals surface area contributed by atoms with E-state index in [-0.39, 0.29) is 28.8 Å². The molecule has 47 heavy (non-hydrogen) atoms. The van der Waals surface area contributed by atoms with Crippen LogP contribution >= 0.6 is 11.3 Å². The van der Waals surface area contributed by atoms with Crippen LogP contribution in [0.15, 0.2) is 59.7 Å². The lowest BCUT2D eigenvalue weighted by Crippen LogP contribution is -2.36. The van der Waals surface area contributed by atoms with E-state index in [1.807, 2.05) is 30.3 Å². The van der Waals surface area contributed by atoms with Crippen molar-refractivity contribution in [2.45, 2.75) is 58.3 Å². The smallest absolute Gasteiger partial charge is 0.412 e. The number of nitrogens with zero attached hydrogens (tertiary/aromatic N) is 4. The van der Waals surface area contributed by atoms with Crippen LogP contribution < -0.4 is 26.3 Å². The Bertz CT molecular complexity index is 1780. The highest BCUT2D eigenvalue weighted by Gasteiger charge is 2.27. The maximum Gasteiger partial charge on any atom is 0.412 e. The summed E-state index contributed by atoms with van der Waals surface area (Å²) < 4.78 is 12.5. The minimum Gasteiger partial charge on any atom is -0.445 e. The van der Waals surface area contributed by atoms with E-state index >= 15 is 0 Å². The van der Waals surface area contributed by atoms with Crippen molar-refractivity contribution < 1.29 is 23.9 Å². The summed E-state index contributed by atoms with van der Waals surface area (Å²) in [6.45, 7) is 6.66. The predicted octanol–water partition coefficient (Wildman–Crippen LogP) is 5.12. The monoisotopic (exact) mass is 662 g/mol. The molecule has 0 bridgehead atoms. The summed E-state index contributed by atoms with van der Waals surface area (Å²) in [5, 5.41) is 13.4. The van der Waals surface area contributed by atoms with E-state index in [9.17, 15) is 19.2 Å². The number of aryl methyl sites for hydroxylation is 1. The van der Waals surface area contributed by atoms with Crippen molar-refractivity contribution in [1.82, 2.24) is 25.1 Å². The third kappa shape index (κ3) is 8.97. The van der Waals surface area contributed by atoms with Crippen molar-refractivity contribution in [3.8, 4) is 10.7 Å². The number of aromatic amines is 1. The standard InChI is InChI=1S/C32H38N8O6S/c1-32(2,3)46-31(44)38-28-25(37-27(47-28)23-17-22(41)12-14-33-23)26(42)36-24-18-34-39(4)29(24)40-15-8-11-21(13-16-40)35-30(43)45-19-20-9-6-5-7-10-20/h5-7,9-10,12,14,17-18,21H,8,11,13,15-16,19H2,1-4H3,(H,33,41)(H,35,43)(H,36,42)(H,38,44)/t21-/m0/s1. The fraction of sp³-hybridized carbons (Fsp3) is 0.375. The fourth-order valence-corrected chi connectivity index (χ4v) is 6.03. The minimum absolute atomic E-state index is 0.0514. The Morgan fingerprint density at radius 1 is 1.06 bits per heavy atom. The number of nitrogens with one attached hydrogen (secondary N) is 4. The molecule has 248 valence electrons. The van der Waals surface area contributed by atoms with Crippen LogP contribution in [0, 0.1) is 0 Å². The number of carbonyl (C=O) groups is 3. The molecule has 1 aromatic carbocycles.